The minimum absolute atomic E-state index is 0.0794. The standard InChI is InChI=1S/C23H26N6O2/c1-26-15-5-6-18-14(9-15)4-7-20(18)29-17-10-21(23(29)31)27(12-17)13-19(25)22(30)28-8-2-3-16(28)11-24/h5-6,9,16-17,19-21H,2-4,7-8,10,12-13,25H2/t16-,17?,19-,20-,21-/m0/s1. The summed E-state index contributed by atoms with van der Waals surface area (Å²) in [4.78, 5) is 35.2. The number of hydrogen-bond acceptors (Lipinski definition) is 5. The van der Waals surface area contributed by atoms with E-state index in [0.717, 1.165) is 32.2 Å². The van der Waals surface area contributed by atoms with Crippen molar-refractivity contribution in [2.24, 2.45) is 5.73 Å². The molecule has 4 aliphatic rings. The second kappa shape index (κ2) is 7.64. The predicted molar refractivity (Wildman–Crippen MR) is 113 cm³/mol. The third kappa shape index (κ3) is 3.18. The molecular formula is C23H26N6O2. The molecule has 1 unspecified atom stereocenters. The largest absolute Gasteiger partial charge is 0.330 e. The van der Waals surface area contributed by atoms with Gasteiger partial charge in [-0.15, -0.1) is 0 Å². The van der Waals surface area contributed by atoms with Gasteiger partial charge in [-0.05, 0) is 37.7 Å². The van der Waals surface area contributed by atoms with Crippen LogP contribution in [0.5, 0.6) is 0 Å². The molecule has 3 aliphatic heterocycles. The van der Waals surface area contributed by atoms with E-state index in [2.05, 4.69) is 15.8 Å². The number of benzene rings is 1. The molecule has 1 aromatic carbocycles. The Morgan fingerprint density at radius 2 is 2.19 bits per heavy atom. The van der Waals surface area contributed by atoms with Gasteiger partial charge in [-0.3, -0.25) is 14.5 Å². The first-order chi connectivity index (χ1) is 15.0. The Morgan fingerprint density at radius 1 is 1.35 bits per heavy atom. The van der Waals surface area contributed by atoms with Gasteiger partial charge in [0.2, 0.25) is 11.8 Å². The van der Waals surface area contributed by atoms with E-state index in [4.69, 9.17) is 12.3 Å². The van der Waals surface area contributed by atoms with Gasteiger partial charge in [0, 0.05) is 25.7 Å². The Labute approximate surface area is 182 Å². The van der Waals surface area contributed by atoms with Crippen molar-refractivity contribution in [2.75, 3.05) is 19.6 Å². The maximum atomic E-state index is 13.3. The lowest BCUT2D eigenvalue weighted by Crippen LogP contribution is -2.56. The van der Waals surface area contributed by atoms with Gasteiger partial charge in [-0.1, -0.05) is 23.8 Å². The maximum absolute atomic E-state index is 13.3. The lowest BCUT2D eigenvalue weighted by Gasteiger charge is -2.38. The Balaban J connectivity index is 1.25. The summed E-state index contributed by atoms with van der Waals surface area (Å²) in [6, 6.07) is 6.89. The fraction of sp³-hybridized carbons (Fsp3) is 0.565. The molecule has 5 rings (SSSR count). The van der Waals surface area contributed by atoms with Crippen LogP contribution in [0.1, 0.15) is 42.9 Å². The number of carbonyl (C=O) groups is 2. The minimum Gasteiger partial charge on any atom is -0.330 e. The molecule has 3 saturated heterocycles. The van der Waals surface area contributed by atoms with Gasteiger partial charge in [0.05, 0.1) is 30.8 Å². The lowest BCUT2D eigenvalue weighted by molar-refractivity contribution is -0.141. The summed E-state index contributed by atoms with van der Waals surface area (Å²) >= 11 is 0. The number of hydrogen-bond donors (Lipinski definition) is 1. The topological polar surface area (TPSA) is 98.0 Å². The molecule has 8 heteroatoms. The highest BCUT2D eigenvalue weighted by molar-refractivity contribution is 5.87. The Kier molecular flexibility index (Phi) is 4.92. The number of piperazine rings is 1. The molecule has 2 bridgehead atoms. The molecule has 1 aromatic rings. The van der Waals surface area contributed by atoms with Gasteiger partial charge in [0.25, 0.3) is 0 Å². The first kappa shape index (κ1) is 20.0. The second-order valence-electron chi connectivity index (χ2n) is 9.08. The molecule has 160 valence electrons. The normalized spacial score (nSPS) is 30.4. The van der Waals surface area contributed by atoms with Crippen LogP contribution in [0.3, 0.4) is 0 Å². The fourth-order valence-electron chi connectivity index (χ4n) is 5.95. The highest BCUT2D eigenvalue weighted by Gasteiger charge is 2.53. The van der Waals surface area contributed by atoms with E-state index in [1.54, 1.807) is 4.90 Å². The van der Waals surface area contributed by atoms with Crippen LogP contribution in [-0.4, -0.2) is 70.3 Å². The Morgan fingerprint density at radius 3 is 2.94 bits per heavy atom. The van der Waals surface area contributed by atoms with Crippen LogP contribution in [-0.2, 0) is 16.0 Å². The molecule has 0 saturated carbocycles. The molecule has 1 aliphatic carbocycles. The van der Waals surface area contributed by atoms with Gasteiger partial charge in [0.1, 0.15) is 6.04 Å². The predicted octanol–water partition coefficient (Wildman–Crippen LogP) is 1.35. The van der Waals surface area contributed by atoms with Crippen LogP contribution in [0.15, 0.2) is 18.2 Å². The highest BCUT2D eigenvalue weighted by Crippen LogP contribution is 2.44. The number of aryl methyl sites for hydroxylation is 1. The zero-order valence-corrected chi connectivity index (χ0v) is 17.4. The van der Waals surface area contributed by atoms with Crippen LogP contribution in [0.25, 0.3) is 4.85 Å². The average Bonchev–Trinajstić information content (AvgIpc) is 3.55. The van der Waals surface area contributed by atoms with Crippen molar-refractivity contribution in [3.63, 3.8) is 0 Å². The number of nitrogens with two attached hydrogens (primary N) is 1. The van der Waals surface area contributed by atoms with Crippen molar-refractivity contribution < 1.29 is 9.59 Å². The van der Waals surface area contributed by atoms with Crippen LogP contribution in [0.2, 0.25) is 0 Å². The summed E-state index contributed by atoms with van der Waals surface area (Å²) in [5.74, 6) is -0.0597. The van der Waals surface area contributed by atoms with Crippen LogP contribution in [0, 0.1) is 17.9 Å². The number of rotatable bonds is 4. The molecule has 0 radical (unpaired) electrons. The number of likely N-dealkylation sites (tertiary alicyclic amines) is 3. The van der Waals surface area contributed by atoms with Crippen molar-refractivity contribution >= 4 is 17.5 Å². The van der Waals surface area contributed by atoms with Crippen LogP contribution >= 0.6 is 0 Å². The van der Waals surface area contributed by atoms with E-state index in [1.807, 2.05) is 23.1 Å². The van der Waals surface area contributed by atoms with Crippen LogP contribution < -0.4 is 5.73 Å². The number of carbonyl (C=O) groups excluding carboxylic acids is 2. The van der Waals surface area contributed by atoms with E-state index < -0.39 is 6.04 Å². The van der Waals surface area contributed by atoms with E-state index >= 15 is 0 Å². The Hall–Kier alpha value is -2.94. The molecule has 3 fully saturated rings. The van der Waals surface area contributed by atoms with E-state index in [9.17, 15) is 14.9 Å². The number of fused-ring (bicyclic) bond motifs is 3. The number of nitrogens with zero attached hydrogens (tertiary/aromatic N) is 5. The number of nitriles is 1. The summed E-state index contributed by atoms with van der Waals surface area (Å²) in [5.41, 5.74) is 9.22. The van der Waals surface area contributed by atoms with Crippen molar-refractivity contribution in [1.82, 2.24) is 14.7 Å². The molecule has 2 N–H and O–H groups in total. The molecule has 0 spiro atoms. The third-order valence-electron chi connectivity index (χ3n) is 7.39. The first-order valence-corrected chi connectivity index (χ1v) is 11.0. The second-order valence-corrected chi connectivity index (χ2v) is 9.08. The van der Waals surface area contributed by atoms with E-state index in [0.29, 0.717) is 25.2 Å². The molecule has 3 heterocycles. The third-order valence-corrected chi connectivity index (χ3v) is 7.39. The van der Waals surface area contributed by atoms with Gasteiger partial charge < -0.3 is 15.5 Å². The average molecular weight is 419 g/mol. The van der Waals surface area contributed by atoms with Crippen molar-refractivity contribution in [3.05, 3.63) is 40.7 Å². The van der Waals surface area contributed by atoms with Crippen molar-refractivity contribution in [1.29, 1.82) is 5.26 Å². The minimum atomic E-state index is -0.714. The summed E-state index contributed by atoms with van der Waals surface area (Å²) in [5, 5.41) is 9.24. The van der Waals surface area contributed by atoms with Gasteiger partial charge >= 0.3 is 0 Å². The maximum Gasteiger partial charge on any atom is 0.241 e. The summed E-state index contributed by atoms with van der Waals surface area (Å²) in [7, 11) is 0. The van der Waals surface area contributed by atoms with Crippen molar-refractivity contribution in [3.8, 4) is 6.07 Å². The molecule has 2 amide bonds. The summed E-state index contributed by atoms with van der Waals surface area (Å²) in [6.07, 6.45) is 4.10. The quantitative estimate of drug-likeness (QED) is 0.745. The van der Waals surface area contributed by atoms with Crippen LogP contribution in [0.4, 0.5) is 5.69 Å². The zero-order valence-electron chi connectivity index (χ0n) is 17.4. The summed E-state index contributed by atoms with van der Waals surface area (Å²) < 4.78 is 0. The zero-order chi connectivity index (χ0) is 21.7. The number of amides is 2. The van der Waals surface area contributed by atoms with Gasteiger partial charge in [-0.2, -0.15) is 5.26 Å². The van der Waals surface area contributed by atoms with Gasteiger partial charge in [0.15, 0.2) is 5.69 Å². The highest BCUT2D eigenvalue weighted by atomic mass is 16.2. The lowest BCUT2D eigenvalue weighted by atomic mass is 10.0. The monoisotopic (exact) mass is 418 g/mol. The van der Waals surface area contributed by atoms with Crippen molar-refractivity contribution in [2.45, 2.75) is 62.3 Å². The molecule has 0 aromatic heterocycles. The molecule has 31 heavy (non-hydrogen) atoms. The fourth-order valence-corrected chi connectivity index (χ4v) is 5.95. The first-order valence-electron chi connectivity index (χ1n) is 11.0. The molecule has 8 nitrogen and oxygen atoms in total. The SMILES string of the molecule is [C-]#[N+]c1ccc2c(c1)CC[C@@H]2N1C(=O)[C@@H]2CC1CN2C[C@H](N)C(=O)N1CCC[C@H]1C#N. The van der Waals surface area contributed by atoms with Gasteiger partial charge in [-0.25, -0.2) is 4.85 Å². The van der Waals surface area contributed by atoms with E-state index in [1.165, 1.54) is 11.1 Å². The molecular weight excluding hydrogens is 392 g/mol. The smallest absolute Gasteiger partial charge is 0.241 e. The molecule has 5 atom stereocenters. The van der Waals surface area contributed by atoms with E-state index in [-0.39, 0.29) is 36.0 Å². The summed E-state index contributed by atoms with van der Waals surface area (Å²) in [6.45, 7) is 8.87. The Bertz CT molecular complexity index is 1010.